The van der Waals surface area contributed by atoms with E-state index in [4.69, 9.17) is 26.8 Å². The van der Waals surface area contributed by atoms with Crippen LogP contribution in [-0.4, -0.2) is 23.5 Å². The van der Waals surface area contributed by atoms with Crippen LogP contribution in [0.5, 0.6) is 17.4 Å². The molecule has 156 valence electrons. The maximum Gasteiger partial charge on any atom is 0.338 e. The minimum absolute atomic E-state index is 0.0833. The van der Waals surface area contributed by atoms with Crippen molar-refractivity contribution in [1.29, 1.82) is 0 Å². The summed E-state index contributed by atoms with van der Waals surface area (Å²) >= 11 is 5.37. The highest BCUT2D eigenvalue weighted by atomic mass is 35.5. The highest BCUT2D eigenvalue weighted by Crippen LogP contribution is 2.24. The third-order valence-corrected chi connectivity index (χ3v) is 3.79. The quantitative estimate of drug-likeness (QED) is 0.437. The Balaban J connectivity index is 0.000000216. The summed E-state index contributed by atoms with van der Waals surface area (Å²) in [5.41, 5.74) is 4.76. The van der Waals surface area contributed by atoms with E-state index in [2.05, 4.69) is 4.98 Å². The van der Waals surface area contributed by atoms with Gasteiger partial charge in [0.25, 0.3) is 5.91 Å². The van der Waals surface area contributed by atoms with Gasteiger partial charge in [0.2, 0.25) is 5.88 Å². The van der Waals surface area contributed by atoms with E-state index in [1.807, 2.05) is 30.3 Å². The molecule has 1 amide bonds. The second-order valence-electron chi connectivity index (χ2n) is 5.59. The van der Waals surface area contributed by atoms with E-state index in [1.165, 1.54) is 0 Å². The lowest BCUT2D eigenvalue weighted by Gasteiger charge is -2.08. The third-order valence-electron chi connectivity index (χ3n) is 3.52. The molecule has 3 aromatic rings. The fraction of sp³-hybridized carbons (Fsp3) is 0.0952. The van der Waals surface area contributed by atoms with Crippen LogP contribution in [0.25, 0.3) is 0 Å². The number of para-hydroxylation sites is 2. The number of primary amides is 1. The van der Waals surface area contributed by atoms with Crippen molar-refractivity contribution in [3.8, 4) is 17.4 Å². The molecule has 0 aliphatic heterocycles. The summed E-state index contributed by atoms with van der Waals surface area (Å²) in [6, 6.07) is 15.0. The molecule has 30 heavy (non-hydrogen) atoms. The Kier molecular flexibility index (Phi) is 8.25. The van der Waals surface area contributed by atoms with Crippen LogP contribution >= 0.6 is 11.6 Å². The van der Waals surface area contributed by atoms with Crippen molar-refractivity contribution in [2.45, 2.75) is 6.92 Å². The Hall–Kier alpha value is -3.52. The maximum absolute atomic E-state index is 13.0. The molecule has 0 aliphatic carbocycles. The zero-order valence-corrected chi connectivity index (χ0v) is 16.5. The van der Waals surface area contributed by atoms with E-state index in [1.54, 1.807) is 31.2 Å². The van der Waals surface area contributed by atoms with Crippen molar-refractivity contribution in [3.63, 3.8) is 0 Å². The van der Waals surface area contributed by atoms with E-state index < -0.39 is 28.5 Å². The molecule has 0 saturated heterocycles. The molecule has 1 aromatic heterocycles. The molecule has 0 radical (unpaired) electrons. The fourth-order valence-electron chi connectivity index (χ4n) is 2.24. The highest BCUT2D eigenvalue weighted by Gasteiger charge is 2.18. The summed E-state index contributed by atoms with van der Waals surface area (Å²) in [6.07, 6.45) is 0. The molecule has 6 nitrogen and oxygen atoms in total. The summed E-state index contributed by atoms with van der Waals surface area (Å²) in [6.45, 7) is 1.94. The van der Waals surface area contributed by atoms with Crippen LogP contribution in [0.3, 0.4) is 0 Å². The van der Waals surface area contributed by atoms with E-state index in [-0.39, 0.29) is 12.5 Å². The number of halogens is 3. The van der Waals surface area contributed by atoms with Crippen molar-refractivity contribution < 1.29 is 27.8 Å². The number of rotatable bonds is 6. The molecule has 3 rings (SSSR count). The number of amides is 1. The van der Waals surface area contributed by atoms with Crippen LogP contribution in [0.15, 0.2) is 60.7 Å². The topological polar surface area (TPSA) is 91.5 Å². The van der Waals surface area contributed by atoms with Crippen molar-refractivity contribution >= 4 is 23.5 Å². The van der Waals surface area contributed by atoms with Crippen LogP contribution < -0.4 is 15.2 Å². The van der Waals surface area contributed by atoms with Crippen molar-refractivity contribution in [2.75, 3.05) is 6.61 Å². The van der Waals surface area contributed by atoms with E-state index in [0.29, 0.717) is 17.1 Å². The average molecular weight is 435 g/mol. The Bertz CT molecular complexity index is 1010. The van der Waals surface area contributed by atoms with Crippen LogP contribution in [0, 0.1) is 5.82 Å². The first-order chi connectivity index (χ1) is 14.3. The third kappa shape index (κ3) is 6.25. The van der Waals surface area contributed by atoms with Gasteiger partial charge >= 0.3 is 6.04 Å². The SMILES string of the molecule is CCOc1cc(F)c(C(=O)F)c(Cl)n1.NC(=O)c1ccccc1Oc1ccccc1. The first kappa shape index (κ1) is 22.8. The summed E-state index contributed by atoms with van der Waals surface area (Å²) < 4.78 is 35.7. The number of pyridine rings is 1. The largest absolute Gasteiger partial charge is 0.478 e. The first-order valence-corrected chi connectivity index (χ1v) is 9.01. The Morgan fingerprint density at radius 2 is 1.73 bits per heavy atom. The number of carbonyl (C=O) groups excluding carboxylic acids is 2. The molecule has 0 unspecified atom stereocenters. The van der Waals surface area contributed by atoms with Gasteiger partial charge in [0.15, 0.2) is 0 Å². The Morgan fingerprint density at radius 1 is 1.10 bits per heavy atom. The molecule has 0 aliphatic rings. The minimum atomic E-state index is -1.96. The van der Waals surface area contributed by atoms with Gasteiger partial charge in [-0.1, -0.05) is 41.9 Å². The lowest BCUT2D eigenvalue weighted by atomic mass is 10.2. The zero-order chi connectivity index (χ0) is 22.1. The maximum atomic E-state index is 13.0. The van der Waals surface area contributed by atoms with Gasteiger partial charge in [0.05, 0.1) is 12.2 Å². The van der Waals surface area contributed by atoms with Crippen LogP contribution in [-0.2, 0) is 0 Å². The molecule has 0 atom stereocenters. The monoisotopic (exact) mass is 434 g/mol. The second kappa shape index (κ2) is 10.9. The first-order valence-electron chi connectivity index (χ1n) is 8.63. The smallest absolute Gasteiger partial charge is 0.338 e. The lowest BCUT2D eigenvalue weighted by molar-refractivity contribution is 0.0830. The van der Waals surface area contributed by atoms with Gasteiger partial charge in [0, 0.05) is 6.07 Å². The number of benzene rings is 2. The molecular weight excluding hydrogens is 418 g/mol. The zero-order valence-electron chi connectivity index (χ0n) is 15.8. The molecule has 9 heteroatoms. The number of hydrogen-bond donors (Lipinski definition) is 1. The Labute approximate surface area is 176 Å². The van der Waals surface area contributed by atoms with Crippen LogP contribution in [0.2, 0.25) is 5.15 Å². The summed E-state index contributed by atoms with van der Waals surface area (Å²) in [4.78, 5) is 24.9. The van der Waals surface area contributed by atoms with Crippen LogP contribution in [0.4, 0.5) is 8.78 Å². The van der Waals surface area contributed by atoms with Gasteiger partial charge in [-0.25, -0.2) is 9.37 Å². The Morgan fingerprint density at radius 3 is 2.30 bits per heavy atom. The molecule has 2 N–H and O–H groups in total. The van der Waals surface area contributed by atoms with E-state index in [9.17, 15) is 18.4 Å². The molecule has 1 heterocycles. The normalized spacial score (nSPS) is 9.87. The van der Waals surface area contributed by atoms with Crippen molar-refractivity contribution in [3.05, 3.63) is 82.8 Å². The highest BCUT2D eigenvalue weighted by molar-refractivity contribution is 6.32. The molecule has 0 bridgehead atoms. The standard InChI is InChI=1S/C13H11NO2.C8H6ClF2NO2/c14-13(15)11-8-4-5-9-12(11)16-10-6-2-1-3-7-10;1-2-14-5-3-4(10)6(8(11)13)7(9)12-5/h1-9H,(H2,14,15);3H,2H2,1H3. The summed E-state index contributed by atoms with van der Waals surface area (Å²) in [7, 11) is 0. The van der Waals surface area contributed by atoms with Gasteiger partial charge in [-0.3, -0.25) is 9.59 Å². The summed E-state index contributed by atoms with van der Waals surface area (Å²) in [5, 5.41) is -0.541. The number of carbonyl (C=O) groups is 2. The minimum Gasteiger partial charge on any atom is -0.478 e. The molecule has 2 aromatic carbocycles. The van der Waals surface area contributed by atoms with Gasteiger partial charge in [0.1, 0.15) is 28.0 Å². The van der Waals surface area contributed by atoms with Gasteiger partial charge in [-0.15, -0.1) is 0 Å². The predicted molar refractivity (Wildman–Crippen MR) is 107 cm³/mol. The number of nitrogens with zero attached hydrogens (tertiary/aromatic N) is 1. The second-order valence-corrected chi connectivity index (χ2v) is 5.95. The number of nitrogens with two attached hydrogens (primary N) is 1. The van der Waals surface area contributed by atoms with Gasteiger partial charge < -0.3 is 15.2 Å². The fourth-order valence-corrected chi connectivity index (χ4v) is 2.48. The molecule has 0 spiro atoms. The lowest BCUT2D eigenvalue weighted by Crippen LogP contribution is -2.11. The molecular formula is C21H17ClF2N2O4. The van der Waals surface area contributed by atoms with Gasteiger partial charge in [-0.05, 0) is 31.2 Å². The summed E-state index contributed by atoms with van der Waals surface area (Å²) in [5.74, 6) is -0.509. The predicted octanol–water partition coefficient (Wildman–Crippen LogP) is 4.96. The van der Waals surface area contributed by atoms with Crippen molar-refractivity contribution in [2.24, 2.45) is 5.73 Å². The van der Waals surface area contributed by atoms with Crippen molar-refractivity contribution in [1.82, 2.24) is 4.98 Å². The molecule has 0 saturated carbocycles. The number of ether oxygens (including phenoxy) is 2. The van der Waals surface area contributed by atoms with Gasteiger partial charge in [-0.2, -0.15) is 4.39 Å². The van der Waals surface area contributed by atoms with E-state index >= 15 is 0 Å². The average Bonchev–Trinajstić information content (AvgIpc) is 2.69. The number of hydrogen-bond acceptors (Lipinski definition) is 5. The number of aromatic nitrogens is 1. The van der Waals surface area contributed by atoms with Crippen LogP contribution in [0.1, 0.15) is 27.6 Å². The van der Waals surface area contributed by atoms with E-state index in [0.717, 1.165) is 6.07 Å². The molecule has 0 fully saturated rings.